The van der Waals surface area contributed by atoms with Crippen LogP contribution >= 0.6 is 23.1 Å². The number of para-hydroxylation sites is 1. The van der Waals surface area contributed by atoms with Gasteiger partial charge in [-0.3, -0.25) is 4.79 Å². The summed E-state index contributed by atoms with van der Waals surface area (Å²) in [5.74, 6) is -1.35. The van der Waals surface area contributed by atoms with Crippen molar-refractivity contribution in [3.63, 3.8) is 0 Å². The number of thioether (sulfide) groups is 1. The summed E-state index contributed by atoms with van der Waals surface area (Å²) in [5, 5.41) is 0.593. The van der Waals surface area contributed by atoms with Gasteiger partial charge in [0.25, 0.3) is 0 Å². The largest absolute Gasteiger partial charge is 0.451 e. The van der Waals surface area contributed by atoms with E-state index in [2.05, 4.69) is 9.97 Å². The van der Waals surface area contributed by atoms with E-state index in [0.717, 1.165) is 23.1 Å². The van der Waals surface area contributed by atoms with Crippen molar-refractivity contribution >= 4 is 45.9 Å². The van der Waals surface area contributed by atoms with Crippen LogP contribution in [0.5, 0.6) is 0 Å². The highest BCUT2D eigenvalue weighted by atomic mass is 32.2. The number of carbonyl (C=O) groups excluding carboxylic acids is 2. The molecule has 0 bridgehead atoms. The third kappa shape index (κ3) is 6.13. The predicted octanol–water partition coefficient (Wildman–Crippen LogP) is 6.41. The molecule has 1 fully saturated rings. The maximum atomic E-state index is 13.2. The molecular formula is C24H24F3N3O3S2. The number of fused-ring (bicyclic) bond motifs is 1. The molecule has 0 aliphatic carbocycles. The normalized spacial score (nSPS) is 16.6. The zero-order valence-electron chi connectivity index (χ0n) is 19.4. The molecule has 0 radical (unpaired) electrons. The Balaban J connectivity index is 1.42. The highest BCUT2D eigenvalue weighted by Crippen LogP contribution is 2.35. The number of Topliss-reactive ketones (excluding diaryl/α,β-unsaturated/α-hetero) is 1. The average Bonchev–Trinajstić information content (AvgIpc) is 3.45. The minimum absolute atomic E-state index is 0.0487. The maximum Gasteiger partial charge on any atom is 0.451 e. The Bertz CT molecular complexity index is 1250. The van der Waals surface area contributed by atoms with Crippen LogP contribution in [0.1, 0.15) is 53.5 Å². The van der Waals surface area contributed by atoms with Crippen LogP contribution in [0, 0.1) is 0 Å². The van der Waals surface area contributed by atoms with Crippen molar-refractivity contribution in [2.45, 2.75) is 49.9 Å². The third-order valence-corrected chi connectivity index (χ3v) is 7.59. The molecule has 1 amide bonds. The van der Waals surface area contributed by atoms with Gasteiger partial charge in [0.2, 0.25) is 5.82 Å². The average molecular weight is 524 g/mol. The number of halogens is 3. The number of benzene rings is 1. The molecule has 0 N–H and O–H groups in total. The fourth-order valence-corrected chi connectivity index (χ4v) is 5.76. The van der Waals surface area contributed by atoms with Crippen molar-refractivity contribution in [2.75, 3.05) is 18.8 Å². The van der Waals surface area contributed by atoms with E-state index in [4.69, 9.17) is 4.74 Å². The number of thiophene rings is 1. The standard InChI is InChI=1S/C24H24F3N3O3S2/c1-23(2,3)33-22(32)30-11-10-14(12-30)18-8-9-19(35-18)17(31)13-34-20-15-6-4-5-7-16(15)28-21(29-20)24(25,26)27/h4-9,14H,10-13H2,1-3H3. The van der Waals surface area contributed by atoms with Crippen LogP contribution in [0.4, 0.5) is 18.0 Å². The fourth-order valence-electron chi connectivity index (χ4n) is 3.70. The Morgan fingerprint density at radius 1 is 1.14 bits per heavy atom. The summed E-state index contributed by atoms with van der Waals surface area (Å²) in [6.45, 7) is 6.56. The topological polar surface area (TPSA) is 72.4 Å². The molecule has 35 heavy (non-hydrogen) atoms. The van der Waals surface area contributed by atoms with Crippen molar-refractivity contribution in [3.8, 4) is 0 Å². The van der Waals surface area contributed by atoms with Crippen molar-refractivity contribution in [2.24, 2.45) is 0 Å². The predicted molar refractivity (Wildman–Crippen MR) is 129 cm³/mol. The Labute approximate surface area is 208 Å². The van der Waals surface area contributed by atoms with Gasteiger partial charge in [0.05, 0.1) is 16.1 Å². The Kier molecular flexibility index (Phi) is 7.10. The van der Waals surface area contributed by atoms with Gasteiger partial charge in [-0.05, 0) is 45.4 Å². The van der Waals surface area contributed by atoms with Gasteiger partial charge in [-0.1, -0.05) is 30.0 Å². The number of hydrogen-bond acceptors (Lipinski definition) is 7. The zero-order chi connectivity index (χ0) is 25.4. The second-order valence-electron chi connectivity index (χ2n) is 9.19. The van der Waals surface area contributed by atoms with Gasteiger partial charge in [0.15, 0.2) is 5.78 Å². The first kappa shape index (κ1) is 25.4. The van der Waals surface area contributed by atoms with Gasteiger partial charge in [0.1, 0.15) is 10.6 Å². The van der Waals surface area contributed by atoms with E-state index in [-0.39, 0.29) is 34.1 Å². The summed E-state index contributed by atoms with van der Waals surface area (Å²) in [6, 6.07) is 10.0. The molecule has 2 aromatic heterocycles. The second kappa shape index (κ2) is 9.77. The van der Waals surface area contributed by atoms with Crippen LogP contribution < -0.4 is 0 Å². The van der Waals surface area contributed by atoms with Gasteiger partial charge in [0, 0.05) is 29.3 Å². The fraction of sp³-hybridized carbons (Fsp3) is 0.417. The SMILES string of the molecule is CC(C)(C)OC(=O)N1CCC(c2ccc(C(=O)CSc3nc(C(F)(F)F)nc4ccccc34)s2)C1. The molecule has 1 atom stereocenters. The van der Waals surface area contributed by atoms with Gasteiger partial charge in [-0.2, -0.15) is 13.2 Å². The Morgan fingerprint density at radius 2 is 1.89 bits per heavy atom. The van der Waals surface area contributed by atoms with Crippen LogP contribution in [-0.2, 0) is 10.9 Å². The van der Waals surface area contributed by atoms with Gasteiger partial charge < -0.3 is 9.64 Å². The first-order chi connectivity index (χ1) is 16.4. The lowest BCUT2D eigenvalue weighted by Crippen LogP contribution is -2.35. The monoisotopic (exact) mass is 523 g/mol. The Hall–Kier alpha value is -2.66. The lowest BCUT2D eigenvalue weighted by atomic mass is 10.1. The Morgan fingerprint density at radius 3 is 2.60 bits per heavy atom. The summed E-state index contributed by atoms with van der Waals surface area (Å²) in [6.07, 6.45) is -4.25. The van der Waals surface area contributed by atoms with Gasteiger partial charge >= 0.3 is 12.3 Å². The molecule has 6 nitrogen and oxygen atoms in total. The van der Waals surface area contributed by atoms with E-state index in [1.807, 2.05) is 26.8 Å². The number of carbonyl (C=O) groups is 2. The minimum Gasteiger partial charge on any atom is -0.444 e. The molecular weight excluding hydrogens is 499 g/mol. The number of rotatable bonds is 5. The van der Waals surface area contributed by atoms with Crippen LogP contribution in [0.3, 0.4) is 0 Å². The smallest absolute Gasteiger partial charge is 0.444 e. The van der Waals surface area contributed by atoms with Crippen molar-refractivity contribution in [3.05, 3.63) is 52.0 Å². The summed E-state index contributed by atoms with van der Waals surface area (Å²) in [7, 11) is 0. The summed E-state index contributed by atoms with van der Waals surface area (Å²) >= 11 is 2.33. The van der Waals surface area contributed by atoms with Gasteiger partial charge in [-0.25, -0.2) is 14.8 Å². The molecule has 1 saturated heterocycles. The summed E-state index contributed by atoms with van der Waals surface area (Å²) in [4.78, 5) is 35.6. The molecule has 3 heterocycles. The highest BCUT2D eigenvalue weighted by Gasteiger charge is 2.36. The molecule has 1 aliphatic rings. The van der Waals surface area contributed by atoms with E-state index in [1.54, 1.807) is 29.2 Å². The molecule has 11 heteroatoms. The molecule has 186 valence electrons. The summed E-state index contributed by atoms with van der Waals surface area (Å²) < 4.78 is 45.1. The van der Waals surface area contributed by atoms with E-state index in [9.17, 15) is 22.8 Å². The number of likely N-dealkylation sites (tertiary alicyclic amines) is 1. The molecule has 1 aliphatic heterocycles. The van der Waals surface area contributed by atoms with Gasteiger partial charge in [-0.15, -0.1) is 11.3 Å². The molecule has 0 saturated carbocycles. The first-order valence-electron chi connectivity index (χ1n) is 11.0. The maximum absolute atomic E-state index is 13.2. The lowest BCUT2D eigenvalue weighted by molar-refractivity contribution is -0.145. The quantitative estimate of drug-likeness (QED) is 0.219. The zero-order valence-corrected chi connectivity index (χ0v) is 21.0. The van der Waals surface area contributed by atoms with Crippen LogP contribution in [0.25, 0.3) is 10.9 Å². The number of hydrogen-bond donors (Lipinski definition) is 0. The van der Waals surface area contributed by atoms with E-state index < -0.39 is 17.6 Å². The molecule has 3 aromatic rings. The minimum atomic E-state index is -4.68. The molecule has 4 rings (SSSR count). The van der Waals surface area contributed by atoms with Crippen LogP contribution in [-0.4, -0.2) is 51.2 Å². The van der Waals surface area contributed by atoms with E-state index in [1.165, 1.54) is 17.4 Å². The van der Waals surface area contributed by atoms with Crippen LogP contribution in [0.2, 0.25) is 0 Å². The number of ketones is 1. The van der Waals surface area contributed by atoms with E-state index in [0.29, 0.717) is 23.4 Å². The number of aromatic nitrogens is 2. The number of amides is 1. The molecule has 1 aromatic carbocycles. The molecule has 1 unspecified atom stereocenters. The van der Waals surface area contributed by atoms with E-state index >= 15 is 0 Å². The highest BCUT2D eigenvalue weighted by molar-refractivity contribution is 8.00. The van der Waals surface area contributed by atoms with Crippen molar-refractivity contribution in [1.82, 2.24) is 14.9 Å². The lowest BCUT2D eigenvalue weighted by Gasteiger charge is -2.24. The number of ether oxygens (including phenoxy) is 1. The van der Waals surface area contributed by atoms with Crippen molar-refractivity contribution < 1.29 is 27.5 Å². The third-order valence-electron chi connectivity index (χ3n) is 5.31. The summed E-state index contributed by atoms with van der Waals surface area (Å²) in [5.41, 5.74) is -0.385. The van der Waals surface area contributed by atoms with Crippen LogP contribution in [0.15, 0.2) is 41.4 Å². The second-order valence-corrected chi connectivity index (χ2v) is 11.3. The number of alkyl halides is 3. The van der Waals surface area contributed by atoms with Crippen molar-refractivity contribution in [1.29, 1.82) is 0 Å². The molecule has 0 spiro atoms. The number of nitrogens with zero attached hydrogens (tertiary/aromatic N) is 3. The first-order valence-corrected chi connectivity index (χ1v) is 12.8.